The second kappa shape index (κ2) is 5.44. The third-order valence-corrected chi connectivity index (χ3v) is 4.88. The van der Waals surface area contributed by atoms with Crippen LogP contribution in [0.2, 0.25) is 0 Å². The van der Waals surface area contributed by atoms with Crippen LogP contribution in [0.3, 0.4) is 0 Å². The molecule has 0 saturated carbocycles. The van der Waals surface area contributed by atoms with Crippen molar-refractivity contribution in [1.82, 2.24) is 14.5 Å². The largest absolute Gasteiger partial charge is 0.294 e. The van der Waals surface area contributed by atoms with Crippen LogP contribution < -0.4 is 0 Å². The molecule has 0 unspecified atom stereocenters. The fourth-order valence-corrected chi connectivity index (χ4v) is 3.53. The van der Waals surface area contributed by atoms with Crippen LogP contribution in [-0.4, -0.2) is 20.3 Å². The lowest BCUT2D eigenvalue weighted by Crippen LogP contribution is -2.01. The first-order valence-electron chi connectivity index (χ1n) is 7.23. The summed E-state index contributed by atoms with van der Waals surface area (Å²) >= 11 is 1.49. The summed E-state index contributed by atoms with van der Waals surface area (Å²) in [5, 5.41) is 1.12. The molecule has 0 saturated heterocycles. The van der Waals surface area contributed by atoms with E-state index in [1.165, 1.54) is 11.3 Å². The zero-order chi connectivity index (χ0) is 15.8. The lowest BCUT2D eigenvalue weighted by atomic mass is 10.2. The summed E-state index contributed by atoms with van der Waals surface area (Å²) < 4.78 is 2.03. The van der Waals surface area contributed by atoms with E-state index in [0.29, 0.717) is 5.95 Å². The normalized spacial score (nSPS) is 11.0. The Balaban J connectivity index is 2.00. The van der Waals surface area contributed by atoms with E-state index in [2.05, 4.69) is 28.2 Å². The number of para-hydroxylation sites is 1. The summed E-state index contributed by atoms with van der Waals surface area (Å²) in [6.07, 6.45) is 3.46. The van der Waals surface area contributed by atoms with Crippen LogP contribution in [0.15, 0.2) is 60.9 Å². The molecule has 5 heteroatoms. The van der Waals surface area contributed by atoms with Crippen LogP contribution >= 0.6 is 11.3 Å². The van der Waals surface area contributed by atoms with Gasteiger partial charge in [0.1, 0.15) is 0 Å². The molecule has 0 amide bonds. The van der Waals surface area contributed by atoms with Crippen LogP contribution in [0.1, 0.15) is 16.6 Å². The monoisotopic (exact) mass is 319 g/mol. The molecular formula is C18H13N3OS. The SMILES string of the molecule is CC(=O)c1ccc(-c2cc3ccccc3n2-c2ncccn2)s1. The number of Topliss-reactive ketones (excluding diaryl/α,β-unsaturated/α-hetero) is 1. The molecule has 3 aromatic heterocycles. The highest BCUT2D eigenvalue weighted by Crippen LogP contribution is 2.34. The number of ketones is 1. The molecule has 0 radical (unpaired) electrons. The Kier molecular flexibility index (Phi) is 3.28. The van der Waals surface area contributed by atoms with Gasteiger partial charge in [-0.25, -0.2) is 9.97 Å². The minimum Gasteiger partial charge on any atom is -0.294 e. The zero-order valence-electron chi connectivity index (χ0n) is 12.4. The van der Waals surface area contributed by atoms with Gasteiger partial charge in [0, 0.05) is 17.8 Å². The summed E-state index contributed by atoms with van der Waals surface area (Å²) in [5.41, 5.74) is 2.04. The topological polar surface area (TPSA) is 47.8 Å². The van der Waals surface area contributed by atoms with E-state index < -0.39 is 0 Å². The van der Waals surface area contributed by atoms with Crippen LogP contribution in [0.5, 0.6) is 0 Å². The van der Waals surface area contributed by atoms with Crippen molar-refractivity contribution in [2.75, 3.05) is 0 Å². The van der Waals surface area contributed by atoms with Crippen LogP contribution in [0.25, 0.3) is 27.4 Å². The van der Waals surface area contributed by atoms with E-state index in [9.17, 15) is 4.79 Å². The number of carbonyl (C=O) groups is 1. The molecule has 112 valence electrons. The van der Waals surface area contributed by atoms with Crippen LogP contribution in [-0.2, 0) is 0 Å². The van der Waals surface area contributed by atoms with Gasteiger partial charge in [0.15, 0.2) is 5.78 Å². The summed E-state index contributed by atoms with van der Waals surface area (Å²) in [7, 11) is 0. The highest BCUT2D eigenvalue weighted by Gasteiger charge is 2.16. The van der Waals surface area contributed by atoms with Gasteiger partial charge in [-0.05, 0) is 37.3 Å². The van der Waals surface area contributed by atoms with Gasteiger partial charge in [0.2, 0.25) is 5.95 Å². The highest BCUT2D eigenvalue weighted by molar-refractivity contribution is 7.17. The molecule has 4 rings (SSSR count). The Morgan fingerprint density at radius 3 is 2.57 bits per heavy atom. The molecule has 0 atom stereocenters. The summed E-state index contributed by atoms with van der Waals surface area (Å²) in [6.45, 7) is 1.59. The molecule has 0 spiro atoms. The number of carbonyl (C=O) groups excluding carboxylic acids is 1. The minimum absolute atomic E-state index is 0.0832. The Morgan fingerprint density at radius 2 is 1.83 bits per heavy atom. The van der Waals surface area contributed by atoms with Gasteiger partial charge in [-0.3, -0.25) is 9.36 Å². The average molecular weight is 319 g/mol. The molecule has 0 N–H and O–H groups in total. The maximum Gasteiger partial charge on any atom is 0.234 e. The van der Waals surface area contributed by atoms with E-state index in [1.807, 2.05) is 28.8 Å². The lowest BCUT2D eigenvalue weighted by molar-refractivity contribution is 0.102. The molecule has 0 fully saturated rings. The zero-order valence-corrected chi connectivity index (χ0v) is 13.2. The van der Waals surface area contributed by atoms with Crippen molar-refractivity contribution in [1.29, 1.82) is 0 Å². The molecule has 4 nitrogen and oxygen atoms in total. The summed E-state index contributed by atoms with van der Waals surface area (Å²) in [4.78, 5) is 22.2. The van der Waals surface area contributed by atoms with E-state index in [-0.39, 0.29) is 5.78 Å². The standard InChI is InChI=1S/C18H13N3OS/c1-12(22)16-7-8-17(23-16)15-11-13-5-2-3-6-14(13)21(15)18-19-9-4-10-20-18/h2-11H,1H3. The fraction of sp³-hybridized carbons (Fsp3) is 0.0556. The van der Waals surface area contributed by atoms with Crippen LogP contribution in [0.4, 0.5) is 0 Å². The number of benzene rings is 1. The Morgan fingerprint density at radius 1 is 1.04 bits per heavy atom. The Labute approximate surface area is 137 Å². The van der Waals surface area contributed by atoms with E-state index in [4.69, 9.17) is 0 Å². The number of nitrogens with zero attached hydrogens (tertiary/aromatic N) is 3. The number of rotatable bonds is 3. The van der Waals surface area contributed by atoms with Gasteiger partial charge in [0.05, 0.1) is 21.0 Å². The molecule has 0 aliphatic carbocycles. The van der Waals surface area contributed by atoms with Crippen molar-refractivity contribution >= 4 is 28.0 Å². The number of hydrogen-bond donors (Lipinski definition) is 0. The average Bonchev–Trinajstić information content (AvgIpc) is 3.20. The predicted octanol–water partition coefficient (Wildman–Crippen LogP) is 4.35. The van der Waals surface area contributed by atoms with E-state index in [1.54, 1.807) is 25.4 Å². The molecule has 0 bridgehead atoms. The number of fused-ring (bicyclic) bond motifs is 1. The number of hydrogen-bond acceptors (Lipinski definition) is 4. The van der Waals surface area contributed by atoms with Crippen LogP contribution in [0, 0.1) is 0 Å². The third kappa shape index (κ3) is 2.35. The van der Waals surface area contributed by atoms with Crippen molar-refractivity contribution < 1.29 is 4.79 Å². The highest BCUT2D eigenvalue weighted by atomic mass is 32.1. The lowest BCUT2D eigenvalue weighted by Gasteiger charge is -2.07. The maximum atomic E-state index is 11.6. The van der Waals surface area contributed by atoms with Gasteiger partial charge in [-0.2, -0.15) is 0 Å². The number of aromatic nitrogens is 3. The van der Waals surface area contributed by atoms with Crippen molar-refractivity contribution in [3.63, 3.8) is 0 Å². The molecule has 1 aromatic carbocycles. The van der Waals surface area contributed by atoms with Crippen molar-refractivity contribution in [3.8, 4) is 16.5 Å². The molecule has 3 heterocycles. The van der Waals surface area contributed by atoms with Gasteiger partial charge in [0.25, 0.3) is 0 Å². The first-order chi connectivity index (χ1) is 11.2. The molecule has 0 aliphatic heterocycles. The minimum atomic E-state index is 0.0832. The van der Waals surface area contributed by atoms with Gasteiger partial charge < -0.3 is 0 Å². The van der Waals surface area contributed by atoms with E-state index in [0.717, 1.165) is 26.4 Å². The maximum absolute atomic E-state index is 11.6. The summed E-state index contributed by atoms with van der Waals surface area (Å²) in [5.74, 6) is 0.710. The van der Waals surface area contributed by atoms with Crippen molar-refractivity contribution in [3.05, 3.63) is 65.8 Å². The van der Waals surface area contributed by atoms with Gasteiger partial charge in [-0.15, -0.1) is 11.3 Å². The second-order valence-corrected chi connectivity index (χ2v) is 6.28. The van der Waals surface area contributed by atoms with Crippen molar-refractivity contribution in [2.24, 2.45) is 0 Å². The predicted molar refractivity (Wildman–Crippen MR) is 92.2 cm³/mol. The quantitative estimate of drug-likeness (QED) is 0.527. The molecule has 0 aliphatic rings. The van der Waals surface area contributed by atoms with Gasteiger partial charge in [-0.1, -0.05) is 18.2 Å². The fourth-order valence-electron chi connectivity index (χ4n) is 2.62. The summed E-state index contributed by atoms with van der Waals surface area (Å²) in [6, 6.07) is 15.9. The van der Waals surface area contributed by atoms with E-state index >= 15 is 0 Å². The first kappa shape index (κ1) is 13.8. The van der Waals surface area contributed by atoms with Crippen molar-refractivity contribution in [2.45, 2.75) is 6.92 Å². The third-order valence-electron chi connectivity index (χ3n) is 3.67. The Hall–Kier alpha value is -2.79. The molecule has 23 heavy (non-hydrogen) atoms. The number of thiophene rings is 1. The molecular weight excluding hydrogens is 306 g/mol. The van der Waals surface area contributed by atoms with Gasteiger partial charge >= 0.3 is 0 Å². The Bertz CT molecular complexity index is 1000. The second-order valence-electron chi connectivity index (χ2n) is 5.19. The first-order valence-corrected chi connectivity index (χ1v) is 8.05. The molecule has 4 aromatic rings. The smallest absolute Gasteiger partial charge is 0.234 e.